The first-order chi connectivity index (χ1) is 16.1. The van der Waals surface area contributed by atoms with Gasteiger partial charge in [-0.15, -0.1) is 0 Å². The summed E-state index contributed by atoms with van der Waals surface area (Å²) in [4.78, 5) is 37.3. The highest BCUT2D eigenvalue weighted by Gasteiger charge is 2.55. The maximum absolute atomic E-state index is 13.2. The van der Waals surface area contributed by atoms with Gasteiger partial charge in [-0.2, -0.15) is 0 Å². The van der Waals surface area contributed by atoms with Crippen LogP contribution in [0.15, 0.2) is 60.3 Å². The minimum Gasteiger partial charge on any atom is -0.493 e. The van der Waals surface area contributed by atoms with Gasteiger partial charge in [-0.1, -0.05) is 43.0 Å². The van der Waals surface area contributed by atoms with Crippen LogP contribution in [0.2, 0.25) is 13.1 Å². The zero-order valence-corrected chi connectivity index (χ0v) is 21.6. The van der Waals surface area contributed by atoms with Crippen molar-refractivity contribution in [3.05, 3.63) is 71.4 Å². The Morgan fingerprint density at radius 3 is 2.03 bits per heavy atom. The second kappa shape index (κ2) is 11.9. The SMILES string of the molecule is C=C(C(Cc1ccc(OCc2ccccc2)c(OC)c1)(C(=O)OCC)C(=O)OCC)[Si](C)(C)O. The van der Waals surface area contributed by atoms with Gasteiger partial charge in [-0.05, 0) is 55.4 Å². The Morgan fingerprint density at radius 1 is 0.941 bits per heavy atom. The van der Waals surface area contributed by atoms with Gasteiger partial charge in [0.1, 0.15) is 6.61 Å². The molecule has 7 nitrogen and oxygen atoms in total. The summed E-state index contributed by atoms with van der Waals surface area (Å²) in [6, 6.07) is 14.9. The minimum atomic E-state index is -3.17. The molecule has 0 fully saturated rings. The number of ether oxygens (including phenoxy) is 4. The molecule has 34 heavy (non-hydrogen) atoms. The first kappa shape index (κ1) is 27.1. The predicted molar refractivity (Wildman–Crippen MR) is 132 cm³/mol. The van der Waals surface area contributed by atoms with E-state index in [9.17, 15) is 14.4 Å². The van der Waals surface area contributed by atoms with Crippen molar-refractivity contribution in [2.45, 2.75) is 40.0 Å². The molecule has 0 unspecified atom stereocenters. The predicted octanol–water partition coefficient (Wildman–Crippen LogP) is 4.22. The fraction of sp³-hybridized carbons (Fsp3) is 0.385. The van der Waals surface area contributed by atoms with Crippen LogP contribution < -0.4 is 9.47 Å². The molecule has 2 aromatic rings. The second-order valence-corrected chi connectivity index (χ2v) is 12.0. The molecule has 0 atom stereocenters. The van der Waals surface area contributed by atoms with Crippen LogP contribution in [0.5, 0.6) is 11.5 Å². The van der Waals surface area contributed by atoms with Gasteiger partial charge in [0.05, 0.1) is 20.3 Å². The van der Waals surface area contributed by atoms with E-state index < -0.39 is 25.7 Å². The number of carbonyl (C=O) groups is 2. The monoisotopic (exact) mass is 486 g/mol. The molecule has 2 rings (SSSR count). The van der Waals surface area contributed by atoms with E-state index in [-0.39, 0.29) is 24.8 Å². The Labute approximate surface area is 202 Å². The van der Waals surface area contributed by atoms with Crippen LogP contribution in [0.25, 0.3) is 0 Å². The second-order valence-electron chi connectivity index (χ2n) is 8.32. The van der Waals surface area contributed by atoms with Crippen molar-refractivity contribution in [1.29, 1.82) is 0 Å². The number of esters is 2. The minimum absolute atomic E-state index is 0.0657. The van der Waals surface area contributed by atoms with Crippen LogP contribution in [-0.2, 0) is 32.1 Å². The Hall–Kier alpha value is -3.10. The number of rotatable bonds is 12. The molecule has 0 radical (unpaired) electrons. The first-order valence-electron chi connectivity index (χ1n) is 11.2. The Bertz CT molecular complexity index is 978. The fourth-order valence-electron chi connectivity index (χ4n) is 3.59. The van der Waals surface area contributed by atoms with E-state index in [1.165, 1.54) is 7.11 Å². The van der Waals surface area contributed by atoms with Gasteiger partial charge >= 0.3 is 11.9 Å². The summed E-state index contributed by atoms with van der Waals surface area (Å²) >= 11 is 0. The summed E-state index contributed by atoms with van der Waals surface area (Å²) in [5.74, 6) is -0.627. The standard InChI is InChI=1S/C26H34O7Si/c1-7-31-24(27)26(25(28)32-8-2,19(3)34(5,6)29)17-21-14-15-22(23(16-21)30-4)33-18-20-12-10-9-11-13-20/h9-16,29H,3,7-8,17-18H2,1-2,4-6H3. The van der Waals surface area contributed by atoms with Crippen LogP contribution in [0, 0.1) is 5.41 Å². The average molecular weight is 487 g/mol. The first-order valence-corrected chi connectivity index (χ1v) is 14.1. The fourth-order valence-corrected chi connectivity index (χ4v) is 4.93. The van der Waals surface area contributed by atoms with E-state index in [0.717, 1.165) is 5.56 Å². The molecule has 0 amide bonds. The molecular weight excluding hydrogens is 452 g/mol. The lowest BCUT2D eigenvalue weighted by Gasteiger charge is -2.35. The zero-order valence-electron chi connectivity index (χ0n) is 20.6. The zero-order chi connectivity index (χ0) is 25.4. The van der Waals surface area contributed by atoms with Crippen molar-refractivity contribution >= 4 is 20.3 Å². The quantitative estimate of drug-likeness (QED) is 0.273. The van der Waals surface area contributed by atoms with Gasteiger partial charge in [0.2, 0.25) is 8.32 Å². The molecule has 0 saturated carbocycles. The van der Waals surface area contributed by atoms with Crippen LogP contribution in [0.1, 0.15) is 25.0 Å². The van der Waals surface area contributed by atoms with Crippen molar-refractivity contribution in [2.24, 2.45) is 5.41 Å². The van der Waals surface area contributed by atoms with Crippen molar-refractivity contribution in [2.75, 3.05) is 20.3 Å². The van der Waals surface area contributed by atoms with Crippen molar-refractivity contribution < 1.29 is 33.3 Å². The van der Waals surface area contributed by atoms with Gasteiger partial charge in [0, 0.05) is 6.42 Å². The van der Waals surface area contributed by atoms with E-state index in [0.29, 0.717) is 23.7 Å². The van der Waals surface area contributed by atoms with Gasteiger partial charge in [-0.25, -0.2) is 0 Å². The summed E-state index contributed by atoms with van der Waals surface area (Å²) < 4.78 is 22.0. The summed E-state index contributed by atoms with van der Waals surface area (Å²) in [6.07, 6.45) is -0.101. The molecule has 0 aliphatic heterocycles. The van der Waals surface area contributed by atoms with Gasteiger partial charge in [0.25, 0.3) is 0 Å². The molecule has 8 heteroatoms. The van der Waals surface area contributed by atoms with Crippen molar-refractivity contribution in [3.63, 3.8) is 0 Å². The third-order valence-electron chi connectivity index (χ3n) is 5.44. The molecule has 0 spiro atoms. The number of hydrogen-bond acceptors (Lipinski definition) is 7. The maximum atomic E-state index is 13.2. The van der Waals surface area contributed by atoms with Crippen LogP contribution >= 0.6 is 0 Å². The normalized spacial score (nSPS) is 11.5. The Balaban J connectivity index is 2.47. The van der Waals surface area contributed by atoms with E-state index in [2.05, 4.69) is 6.58 Å². The Morgan fingerprint density at radius 2 is 1.53 bits per heavy atom. The number of carbonyl (C=O) groups excluding carboxylic acids is 2. The van der Waals surface area contributed by atoms with E-state index >= 15 is 0 Å². The summed E-state index contributed by atoms with van der Waals surface area (Å²) in [6.45, 7) is 11.0. The van der Waals surface area contributed by atoms with Crippen molar-refractivity contribution in [1.82, 2.24) is 0 Å². The third kappa shape index (κ3) is 6.27. The molecule has 2 aromatic carbocycles. The summed E-state index contributed by atoms with van der Waals surface area (Å²) in [5.41, 5.74) is -0.276. The van der Waals surface area contributed by atoms with Crippen LogP contribution in [0.3, 0.4) is 0 Å². The molecule has 0 aliphatic carbocycles. The average Bonchev–Trinajstić information content (AvgIpc) is 2.81. The van der Waals surface area contributed by atoms with E-state index in [1.807, 2.05) is 30.3 Å². The molecule has 0 aliphatic rings. The van der Waals surface area contributed by atoms with Gasteiger partial charge in [-0.3, -0.25) is 9.59 Å². The largest absolute Gasteiger partial charge is 0.493 e. The van der Waals surface area contributed by atoms with Crippen LogP contribution in [-0.4, -0.2) is 45.4 Å². The smallest absolute Gasteiger partial charge is 0.327 e. The van der Waals surface area contributed by atoms with Gasteiger partial charge < -0.3 is 23.7 Å². The summed E-state index contributed by atoms with van der Waals surface area (Å²) in [5, 5.41) is 0.125. The third-order valence-corrected chi connectivity index (χ3v) is 7.34. The molecular formula is C26H34O7Si. The topological polar surface area (TPSA) is 91.3 Å². The molecule has 0 saturated heterocycles. The highest BCUT2D eigenvalue weighted by atomic mass is 28.4. The number of hydrogen-bond donors (Lipinski definition) is 1. The number of methoxy groups -OCH3 is 1. The van der Waals surface area contributed by atoms with Gasteiger partial charge in [0.15, 0.2) is 16.9 Å². The Kier molecular flexibility index (Phi) is 9.46. The molecule has 0 heterocycles. The van der Waals surface area contributed by atoms with E-state index in [4.69, 9.17) is 18.9 Å². The molecule has 1 N–H and O–H groups in total. The van der Waals surface area contributed by atoms with Crippen LogP contribution in [0.4, 0.5) is 0 Å². The summed E-state index contributed by atoms with van der Waals surface area (Å²) in [7, 11) is -1.65. The maximum Gasteiger partial charge on any atom is 0.327 e. The highest BCUT2D eigenvalue weighted by molar-refractivity contribution is 6.78. The number of benzene rings is 2. The lowest BCUT2D eigenvalue weighted by Crippen LogP contribution is -2.52. The molecule has 184 valence electrons. The molecule has 0 aromatic heterocycles. The van der Waals surface area contributed by atoms with E-state index in [1.54, 1.807) is 45.1 Å². The lowest BCUT2D eigenvalue weighted by atomic mass is 9.81. The van der Waals surface area contributed by atoms with Crippen molar-refractivity contribution in [3.8, 4) is 11.5 Å². The lowest BCUT2D eigenvalue weighted by molar-refractivity contribution is -0.168. The highest BCUT2D eigenvalue weighted by Crippen LogP contribution is 2.40. The molecule has 0 bridgehead atoms.